The number of methoxy groups -OCH3 is 2. The fourth-order valence-corrected chi connectivity index (χ4v) is 2.51. The number of rotatable bonds is 8. The molecule has 0 amide bonds. The SMILES string of the molecule is CCCOCc1cc(Cl)cc(C(O)c2nc(OC)cc(OC)n2)c1N. The molecule has 0 aliphatic heterocycles. The molecule has 3 N–H and O–H groups in total. The van der Waals surface area contributed by atoms with Crippen LogP contribution < -0.4 is 15.2 Å². The average Bonchev–Trinajstić information content (AvgIpc) is 2.63. The highest BCUT2D eigenvalue weighted by Crippen LogP contribution is 2.32. The first kappa shape index (κ1) is 19.2. The Morgan fingerprint density at radius 2 is 1.80 bits per heavy atom. The smallest absolute Gasteiger partial charge is 0.220 e. The van der Waals surface area contributed by atoms with Crippen LogP contribution in [0.25, 0.3) is 0 Å². The number of nitrogen functional groups attached to an aromatic ring is 1. The Balaban J connectivity index is 2.40. The molecule has 1 aromatic heterocycles. The average molecular weight is 368 g/mol. The van der Waals surface area contributed by atoms with E-state index in [0.717, 1.165) is 6.42 Å². The molecule has 25 heavy (non-hydrogen) atoms. The van der Waals surface area contributed by atoms with Crippen molar-refractivity contribution in [2.45, 2.75) is 26.1 Å². The van der Waals surface area contributed by atoms with E-state index in [1.54, 1.807) is 12.1 Å². The van der Waals surface area contributed by atoms with Crippen molar-refractivity contribution in [2.75, 3.05) is 26.6 Å². The quantitative estimate of drug-likeness (QED) is 0.546. The van der Waals surface area contributed by atoms with Crippen LogP contribution in [-0.2, 0) is 11.3 Å². The second-order valence-electron chi connectivity index (χ2n) is 5.33. The Morgan fingerprint density at radius 1 is 1.16 bits per heavy atom. The third-order valence-corrected chi connectivity index (χ3v) is 3.74. The van der Waals surface area contributed by atoms with Gasteiger partial charge in [-0.1, -0.05) is 18.5 Å². The van der Waals surface area contributed by atoms with Gasteiger partial charge in [-0.2, -0.15) is 9.97 Å². The van der Waals surface area contributed by atoms with Crippen molar-refractivity contribution in [3.05, 3.63) is 40.2 Å². The highest BCUT2D eigenvalue weighted by Gasteiger charge is 2.21. The van der Waals surface area contributed by atoms with E-state index in [-0.39, 0.29) is 17.6 Å². The number of hydrogen-bond donors (Lipinski definition) is 2. The lowest BCUT2D eigenvalue weighted by atomic mass is 10.0. The molecule has 0 radical (unpaired) electrons. The van der Waals surface area contributed by atoms with Crippen molar-refractivity contribution >= 4 is 17.3 Å². The van der Waals surface area contributed by atoms with Crippen molar-refractivity contribution in [1.29, 1.82) is 0 Å². The highest BCUT2D eigenvalue weighted by molar-refractivity contribution is 6.30. The fraction of sp³-hybridized carbons (Fsp3) is 0.412. The minimum Gasteiger partial charge on any atom is -0.481 e. The summed E-state index contributed by atoms with van der Waals surface area (Å²) < 4.78 is 15.7. The van der Waals surface area contributed by atoms with E-state index in [0.29, 0.717) is 35.1 Å². The van der Waals surface area contributed by atoms with Crippen molar-refractivity contribution in [2.24, 2.45) is 0 Å². The lowest BCUT2D eigenvalue weighted by Gasteiger charge is -2.17. The van der Waals surface area contributed by atoms with Gasteiger partial charge in [0.25, 0.3) is 0 Å². The molecule has 1 heterocycles. The first-order valence-corrected chi connectivity index (χ1v) is 8.18. The largest absolute Gasteiger partial charge is 0.481 e. The van der Waals surface area contributed by atoms with Crippen molar-refractivity contribution in [3.63, 3.8) is 0 Å². The molecule has 0 aliphatic rings. The van der Waals surface area contributed by atoms with E-state index in [4.69, 9.17) is 31.5 Å². The third-order valence-electron chi connectivity index (χ3n) is 3.52. The van der Waals surface area contributed by atoms with Crippen LogP contribution in [0.5, 0.6) is 11.8 Å². The van der Waals surface area contributed by atoms with Crippen LogP contribution in [0.1, 0.15) is 36.4 Å². The lowest BCUT2D eigenvalue weighted by molar-refractivity contribution is 0.121. The molecule has 1 atom stereocenters. The predicted octanol–water partition coefficient (Wildman–Crippen LogP) is 2.74. The first-order valence-electron chi connectivity index (χ1n) is 7.80. The van der Waals surface area contributed by atoms with Crippen LogP contribution in [0.3, 0.4) is 0 Å². The van der Waals surface area contributed by atoms with Gasteiger partial charge in [-0.15, -0.1) is 0 Å². The second kappa shape index (κ2) is 8.84. The van der Waals surface area contributed by atoms with Gasteiger partial charge < -0.3 is 25.1 Å². The summed E-state index contributed by atoms with van der Waals surface area (Å²) in [7, 11) is 2.93. The van der Waals surface area contributed by atoms with Crippen LogP contribution >= 0.6 is 11.6 Å². The topological polar surface area (TPSA) is 99.7 Å². The number of nitrogens with zero attached hydrogens (tertiary/aromatic N) is 2. The van der Waals surface area contributed by atoms with Crippen LogP contribution in [0.15, 0.2) is 18.2 Å². The van der Waals surface area contributed by atoms with Gasteiger partial charge in [0, 0.05) is 28.4 Å². The number of aliphatic hydroxyl groups is 1. The Kier molecular flexibility index (Phi) is 6.81. The molecular formula is C17H22ClN3O4. The van der Waals surface area contributed by atoms with E-state index < -0.39 is 6.10 Å². The monoisotopic (exact) mass is 367 g/mol. The first-order chi connectivity index (χ1) is 12.0. The Hall–Kier alpha value is -2.09. The molecule has 0 bridgehead atoms. The zero-order valence-electron chi connectivity index (χ0n) is 14.5. The summed E-state index contributed by atoms with van der Waals surface area (Å²) in [4.78, 5) is 8.32. The summed E-state index contributed by atoms with van der Waals surface area (Å²) in [5.41, 5.74) is 7.68. The summed E-state index contributed by atoms with van der Waals surface area (Å²) in [5.74, 6) is 0.645. The predicted molar refractivity (Wildman–Crippen MR) is 95.0 cm³/mol. The molecule has 2 rings (SSSR count). The molecule has 8 heteroatoms. The zero-order valence-corrected chi connectivity index (χ0v) is 15.2. The number of halogens is 1. The van der Waals surface area contributed by atoms with Gasteiger partial charge in [0.05, 0.1) is 26.9 Å². The molecule has 136 valence electrons. The Labute approximate surface area is 151 Å². The van der Waals surface area contributed by atoms with Crippen LogP contribution in [0.2, 0.25) is 5.02 Å². The van der Waals surface area contributed by atoms with Gasteiger partial charge >= 0.3 is 0 Å². The minimum absolute atomic E-state index is 0.102. The van der Waals surface area contributed by atoms with E-state index in [2.05, 4.69) is 9.97 Å². The molecule has 1 aromatic carbocycles. The third kappa shape index (κ3) is 4.72. The van der Waals surface area contributed by atoms with E-state index in [1.807, 2.05) is 6.92 Å². The zero-order chi connectivity index (χ0) is 18.4. The molecule has 0 spiro atoms. The fourth-order valence-electron chi connectivity index (χ4n) is 2.26. The number of aromatic nitrogens is 2. The molecule has 0 aliphatic carbocycles. The van der Waals surface area contributed by atoms with Gasteiger partial charge in [0.1, 0.15) is 6.10 Å². The summed E-state index contributed by atoms with van der Waals surface area (Å²) >= 11 is 6.17. The number of anilines is 1. The van der Waals surface area contributed by atoms with Crippen LogP contribution in [0.4, 0.5) is 5.69 Å². The maximum Gasteiger partial charge on any atom is 0.220 e. The summed E-state index contributed by atoms with van der Waals surface area (Å²) in [6.07, 6.45) is -0.291. The molecule has 0 saturated carbocycles. The lowest BCUT2D eigenvalue weighted by Crippen LogP contribution is -2.11. The van der Waals surface area contributed by atoms with Crippen LogP contribution in [-0.4, -0.2) is 35.9 Å². The minimum atomic E-state index is -1.19. The highest BCUT2D eigenvalue weighted by atomic mass is 35.5. The summed E-state index contributed by atoms with van der Waals surface area (Å²) in [6.45, 7) is 2.94. The van der Waals surface area contributed by atoms with Gasteiger partial charge in [-0.3, -0.25) is 0 Å². The maximum absolute atomic E-state index is 10.7. The number of benzene rings is 1. The summed E-state index contributed by atoms with van der Waals surface area (Å²) in [6, 6.07) is 4.82. The number of nitrogens with two attached hydrogens (primary N) is 1. The van der Waals surface area contributed by atoms with Gasteiger partial charge in [-0.05, 0) is 18.6 Å². The maximum atomic E-state index is 10.7. The van der Waals surface area contributed by atoms with Crippen molar-refractivity contribution < 1.29 is 19.3 Å². The van der Waals surface area contributed by atoms with E-state index in [1.165, 1.54) is 20.3 Å². The Morgan fingerprint density at radius 3 is 2.36 bits per heavy atom. The molecule has 0 fully saturated rings. The second-order valence-corrected chi connectivity index (χ2v) is 5.77. The standard InChI is InChI=1S/C17H22ClN3O4/c1-4-5-25-9-10-6-11(18)7-12(15(10)19)16(22)17-20-13(23-2)8-14(21-17)24-3/h6-8,16,22H,4-5,9,19H2,1-3H3. The van der Waals surface area contributed by atoms with Gasteiger partial charge in [0.15, 0.2) is 5.82 Å². The molecule has 7 nitrogen and oxygen atoms in total. The molecule has 1 unspecified atom stereocenters. The number of ether oxygens (including phenoxy) is 3. The van der Waals surface area contributed by atoms with Gasteiger partial charge in [0.2, 0.25) is 11.8 Å². The number of hydrogen-bond acceptors (Lipinski definition) is 7. The molecule has 0 saturated heterocycles. The normalized spacial score (nSPS) is 12.0. The van der Waals surface area contributed by atoms with E-state index in [9.17, 15) is 5.11 Å². The van der Waals surface area contributed by atoms with Gasteiger partial charge in [-0.25, -0.2) is 0 Å². The Bertz CT molecular complexity index is 705. The van der Waals surface area contributed by atoms with Crippen molar-refractivity contribution in [3.8, 4) is 11.8 Å². The van der Waals surface area contributed by atoms with E-state index >= 15 is 0 Å². The number of aliphatic hydroxyl groups excluding tert-OH is 1. The molecular weight excluding hydrogens is 346 g/mol. The molecule has 2 aromatic rings. The summed E-state index contributed by atoms with van der Waals surface area (Å²) in [5, 5.41) is 11.2. The van der Waals surface area contributed by atoms with Crippen LogP contribution in [0, 0.1) is 0 Å². The van der Waals surface area contributed by atoms with Crippen molar-refractivity contribution in [1.82, 2.24) is 9.97 Å².